The molecule has 1 aliphatic heterocycles. The Morgan fingerprint density at radius 2 is 2.28 bits per heavy atom. The van der Waals surface area contributed by atoms with E-state index in [1.165, 1.54) is 22.6 Å². The van der Waals surface area contributed by atoms with Crippen molar-refractivity contribution in [3.05, 3.63) is 18.3 Å². The Morgan fingerprint density at radius 3 is 2.89 bits per heavy atom. The topological polar surface area (TPSA) is 96.5 Å². The number of hydrogen-bond acceptors (Lipinski definition) is 5. The van der Waals surface area contributed by atoms with Crippen LogP contribution in [0.5, 0.6) is 0 Å². The van der Waals surface area contributed by atoms with Gasteiger partial charge in [-0.1, -0.05) is 6.92 Å². The Bertz CT molecular complexity index is 532. The third kappa shape index (κ3) is 2.33. The van der Waals surface area contributed by atoms with Crippen LogP contribution in [0.15, 0.2) is 23.2 Å². The molecule has 6 nitrogen and oxygen atoms in total. The van der Waals surface area contributed by atoms with Crippen LogP contribution in [0.2, 0.25) is 0 Å². The number of anilines is 1. The molecule has 0 saturated carbocycles. The maximum Gasteiger partial charge on any atom is 0.246 e. The van der Waals surface area contributed by atoms with Crippen LogP contribution in [0.4, 0.5) is 5.82 Å². The SMILES string of the molecule is CC1CCN(S(=O)(=O)c2cccnc2N)CC1O. The van der Waals surface area contributed by atoms with Crippen LogP contribution in [0.3, 0.4) is 0 Å². The van der Waals surface area contributed by atoms with Gasteiger partial charge in [-0.2, -0.15) is 4.31 Å². The zero-order chi connectivity index (χ0) is 13.3. The van der Waals surface area contributed by atoms with Gasteiger partial charge in [0.1, 0.15) is 10.7 Å². The summed E-state index contributed by atoms with van der Waals surface area (Å²) in [6.45, 7) is 2.42. The van der Waals surface area contributed by atoms with E-state index < -0.39 is 16.1 Å². The van der Waals surface area contributed by atoms with Gasteiger partial charge in [0.15, 0.2) is 0 Å². The second kappa shape index (κ2) is 4.83. The van der Waals surface area contributed by atoms with Gasteiger partial charge in [-0.25, -0.2) is 13.4 Å². The molecule has 0 aliphatic carbocycles. The number of β-amino-alcohol motifs (C(OH)–C–C–N with tert-alkyl or cyclic N) is 1. The third-order valence-electron chi connectivity index (χ3n) is 3.30. The summed E-state index contributed by atoms with van der Waals surface area (Å²) in [5.74, 6) is 0.105. The van der Waals surface area contributed by atoms with Gasteiger partial charge in [-0.15, -0.1) is 0 Å². The Labute approximate surface area is 106 Å². The molecule has 0 spiro atoms. The van der Waals surface area contributed by atoms with E-state index in [1.807, 2.05) is 6.92 Å². The van der Waals surface area contributed by atoms with Crippen molar-refractivity contribution in [2.24, 2.45) is 5.92 Å². The fraction of sp³-hybridized carbons (Fsp3) is 0.545. The molecular formula is C11H17N3O3S. The largest absolute Gasteiger partial charge is 0.391 e. The summed E-state index contributed by atoms with van der Waals surface area (Å²) < 4.78 is 26.0. The molecule has 7 heteroatoms. The molecule has 1 aliphatic rings. The van der Waals surface area contributed by atoms with Gasteiger partial charge in [0.05, 0.1) is 6.10 Å². The molecule has 2 heterocycles. The van der Waals surface area contributed by atoms with Crippen LogP contribution in [0.25, 0.3) is 0 Å². The van der Waals surface area contributed by atoms with Crippen LogP contribution >= 0.6 is 0 Å². The van der Waals surface area contributed by atoms with E-state index in [1.54, 1.807) is 0 Å². The first kappa shape index (κ1) is 13.3. The summed E-state index contributed by atoms with van der Waals surface area (Å²) in [6, 6.07) is 2.97. The number of nitrogen functional groups attached to an aromatic ring is 1. The van der Waals surface area contributed by atoms with Crippen molar-refractivity contribution in [2.75, 3.05) is 18.8 Å². The fourth-order valence-corrected chi connectivity index (χ4v) is 3.54. The minimum Gasteiger partial charge on any atom is -0.391 e. The predicted molar refractivity (Wildman–Crippen MR) is 67.2 cm³/mol. The lowest BCUT2D eigenvalue weighted by Gasteiger charge is -2.33. The molecule has 1 fully saturated rings. The van der Waals surface area contributed by atoms with E-state index in [9.17, 15) is 13.5 Å². The van der Waals surface area contributed by atoms with E-state index >= 15 is 0 Å². The average molecular weight is 271 g/mol. The number of hydrogen-bond donors (Lipinski definition) is 2. The quantitative estimate of drug-likeness (QED) is 0.792. The number of aliphatic hydroxyl groups is 1. The van der Waals surface area contributed by atoms with Crippen molar-refractivity contribution in [3.8, 4) is 0 Å². The van der Waals surface area contributed by atoms with E-state index in [4.69, 9.17) is 5.73 Å². The second-order valence-corrected chi connectivity index (χ2v) is 6.49. The highest BCUT2D eigenvalue weighted by Crippen LogP contribution is 2.25. The average Bonchev–Trinajstić information content (AvgIpc) is 2.33. The summed E-state index contributed by atoms with van der Waals surface area (Å²) in [5, 5.41) is 9.77. The molecule has 1 aromatic rings. The summed E-state index contributed by atoms with van der Waals surface area (Å²) >= 11 is 0. The first-order valence-corrected chi connectivity index (χ1v) is 7.25. The summed E-state index contributed by atoms with van der Waals surface area (Å²) in [6.07, 6.45) is 1.45. The van der Waals surface area contributed by atoms with Crippen molar-refractivity contribution in [1.82, 2.24) is 9.29 Å². The molecular weight excluding hydrogens is 254 g/mol. The molecule has 1 aromatic heterocycles. The number of pyridine rings is 1. The molecule has 100 valence electrons. The minimum absolute atomic E-state index is 0.00625. The number of aromatic nitrogens is 1. The summed E-state index contributed by atoms with van der Waals surface area (Å²) in [7, 11) is -3.66. The minimum atomic E-state index is -3.66. The highest BCUT2D eigenvalue weighted by atomic mass is 32.2. The predicted octanol–water partition coefficient (Wildman–Crippen LogP) is 0.0552. The van der Waals surface area contributed by atoms with Gasteiger partial charge in [-0.3, -0.25) is 0 Å². The molecule has 0 aromatic carbocycles. The van der Waals surface area contributed by atoms with Gasteiger partial charge >= 0.3 is 0 Å². The van der Waals surface area contributed by atoms with Crippen molar-refractivity contribution in [1.29, 1.82) is 0 Å². The number of aliphatic hydroxyl groups excluding tert-OH is 1. The number of piperidine rings is 1. The molecule has 0 radical (unpaired) electrons. The number of nitrogens with zero attached hydrogens (tertiary/aromatic N) is 2. The Morgan fingerprint density at radius 1 is 1.56 bits per heavy atom. The first-order valence-electron chi connectivity index (χ1n) is 5.81. The number of nitrogens with two attached hydrogens (primary N) is 1. The van der Waals surface area contributed by atoms with Gasteiger partial charge in [-0.05, 0) is 24.5 Å². The maximum absolute atomic E-state index is 12.4. The third-order valence-corrected chi connectivity index (χ3v) is 5.21. The first-order chi connectivity index (χ1) is 8.43. The highest BCUT2D eigenvalue weighted by Gasteiger charge is 2.33. The number of rotatable bonds is 2. The normalized spacial score (nSPS) is 26.1. The van der Waals surface area contributed by atoms with Crippen molar-refractivity contribution in [3.63, 3.8) is 0 Å². The second-order valence-electron chi connectivity index (χ2n) is 4.58. The van der Waals surface area contributed by atoms with E-state index in [0.29, 0.717) is 13.0 Å². The van der Waals surface area contributed by atoms with Crippen LogP contribution in [-0.4, -0.2) is 42.0 Å². The fourth-order valence-electron chi connectivity index (χ4n) is 2.00. The number of sulfonamides is 1. The lowest BCUT2D eigenvalue weighted by Crippen LogP contribution is -2.45. The van der Waals surface area contributed by atoms with E-state index in [-0.39, 0.29) is 23.2 Å². The molecule has 2 unspecified atom stereocenters. The van der Waals surface area contributed by atoms with Crippen LogP contribution in [0, 0.1) is 5.92 Å². The molecule has 0 bridgehead atoms. The van der Waals surface area contributed by atoms with Crippen LogP contribution in [0.1, 0.15) is 13.3 Å². The lowest BCUT2D eigenvalue weighted by molar-refractivity contribution is 0.0605. The Balaban J connectivity index is 2.30. The molecule has 2 rings (SSSR count). The van der Waals surface area contributed by atoms with Gasteiger partial charge in [0, 0.05) is 19.3 Å². The van der Waals surface area contributed by atoms with Crippen LogP contribution < -0.4 is 5.73 Å². The van der Waals surface area contributed by atoms with Crippen molar-refractivity contribution in [2.45, 2.75) is 24.3 Å². The smallest absolute Gasteiger partial charge is 0.246 e. The maximum atomic E-state index is 12.4. The zero-order valence-electron chi connectivity index (χ0n) is 10.2. The van der Waals surface area contributed by atoms with Gasteiger partial charge in [0.25, 0.3) is 0 Å². The van der Waals surface area contributed by atoms with Gasteiger partial charge < -0.3 is 10.8 Å². The lowest BCUT2D eigenvalue weighted by atomic mass is 9.98. The highest BCUT2D eigenvalue weighted by molar-refractivity contribution is 7.89. The molecule has 18 heavy (non-hydrogen) atoms. The van der Waals surface area contributed by atoms with Crippen LogP contribution in [-0.2, 0) is 10.0 Å². The zero-order valence-corrected chi connectivity index (χ0v) is 11.0. The Kier molecular flexibility index (Phi) is 3.56. The van der Waals surface area contributed by atoms with E-state index in [0.717, 1.165) is 0 Å². The summed E-state index contributed by atoms with van der Waals surface area (Å²) in [4.78, 5) is 3.79. The summed E-state index contributed by atoms with van der Waals surface area (Å²) in [5.41, 5.74) is 5.60. The van der Waals surface area contributed by atoms with Gasteiger partial charge in [0.2, 0.25) is 10.0 Å². The molecule has 1 saturated heterocycles. The van der Waals surface area contributed by atoms with Crippen molar-refractivity contribution >= 4 is 15.8 Å². The molecule has 3 N–H and O–H groups in total. The Hall–Kier alpha value is -1.18. The standard InChI is InChI=1S/C11H17N3O3S/c1-8-4-6-14(7-9(8)15)18(16,17)10-3-2-5-13-11(10)12/h2-3,5,8-9,15H,4,6-7H2,1H3,(H2,12,13). The van der Waals surface area contributed by atoms with Crippen molar-refractivity contribution < 1.29 is 13.5 Å². The monoisotopic (exact) mass is 271 g/mol. The van der Waals surface area contributed by atoms with E-state index in [2.05, 4.69) is 4.98 Å². The molecule has 2 atom stereocenters. The molecule has 0 amide bonds.